The van der Waals surface area contributed by atoms with Crippen LogP contribution in [0, 0.1) is 0 Å². The summed E-state index contributed by atoms with van der Waals surface area (Å²) in [4.78, 5) is 22.5. The van der Waals surface area contributed by atoms with Crippen LogP contribution in [0.3, 0.4) is 0 Å². The van der Waals surface area contributed by atoms with Gasteiger partial charge >= 0.3 is 12.2 Å². The van der Waals surface area contributed by atoms with Gasteiger partial charge in [0.1, 0.15) is 0 Å². The van der Waals surface area contributed by atoms with Crippen LogP contribution >= 0.6 is 0 Å². The number of rotatable bonds is 4. The van der Waals surface area contributed by atoms with E-state index in [1.54, 1.807) is 19.1 Å². The second-order valence-electron chi connectivity index (χ2n) is 3.24. The van der Waals surface area contributed by atoms with E-state index < -0.39 is 12.2 Å². The second kappa shape index (κ2) is 7.10. The lowest BCUT2D eigenvalue weighted by Gasteiger charge is -2.13. The summed E-state index contributed by atoms with van der Waals surface area (Å²) in [5.74, 6) is 0.329. The van der Waals surface area contributed by atoms with E-state index in [1.807, 2.05) is 0 Å². The average molecular weight is 269 g/mol. The molecule has 104 valence electrons. The monoisotopic (exact) mass is 269 g/mol. The fourth-order valence-electron chi connectivity index (χ4n) is 1.27. The number of benzene rings is 1. The first-order valence-electron chi connectivity index (χ1n) is 5.49. The molecule has 0 heterocycles. The molecule has 1 aromatic carbocycles. The lowest BCUT2D eigenvalue weighted by molar-refractivity contribution is 0.103. The van der Waals surface area contributed by atoms with E-state index in [9.17, 15) is 9.59 Å². The number of hydrogen-bond acceptors (Lipinski definition) is 6. The van der Waals surface area contributed by atoms with Gasteiger partial charge in [0.25, 0.3) is 0 Å². The summed E-state index contributed by atoms with van der Waals surface area (Å²) in [6.45, 7) is 1.82. The molecule has 0 radical (unpaired) electrons. The summed E-state index contributed by atoms with van der Waals surface area (Å²) in [6, 6.07) is 4.74. The molecule has 1 aromatic rings. The van der Waals surface area contributed by atoms with Crippen molar-refractivity contribution in [1.82, 2.24) is 0 Å². The number of ether oxygens (including phenoxy) is 4. The quantitative estimate of drug-likeness (QED) is 0.667. The topological polar surface area (TPSA) is 83.1 Å². The van der Waals surface area contributed by atoms with Crippen LogP contribution in [-0.2, 0) is 9.47 Å². The van der Waals surface area contributed by atoms with Gasteiger partial charge in [0.2, 0.25) is 0 Å². The van der Waals surface area contributed by atoms with E-state index in [-0.39, 0.29) is 23.8 Å². The highest BCUT2D eigenvalue weighted by molar-refractivity contribution is 5.88. The normalized spacial score (nSPS) is 9.42. The molecule has 0 unspecified atom stereocenters. The maximum atomic E-state index is 11.3. The third-order valence-corrected chi connectivity index (χ3v) is 2.07. The summed E-state index contributed by atoms with van der Waals surface area (Å²) < 4.78 is 19.2. The van der Waals surface area contributed by atoms with Crippen LogP contribution in [-0.4, -0.2) is 33.1 Å². The van der Waals surface area contributed by atoms with Crippen LogP contribution in [0.5, 0.6) is 11.5 Å². The molecule has 0 fully saturated rings. The number of nitrogens with one attached hydrogen (secondary N) is 1. The minimum absolute atomic E-state index is 0.0499. The van der Waals surface area contributed by atoms with Crippen molar-refractivity contribution in [3.8, 4) is 11.5 Å². The Balaban J connectivity index is 3.02. The van der Waals surface area contributed by atoms with Gasteiger partial charge in [-0.2, -0.15) is 0 Å². The molecule has 1 amide bonds. The predicted octanol–water partition coefficient (Wildman–Crippen LogP) is 2.41. The van der Waals surface area contributed by atoms with Gasteiger partial charge in [-0.25, -0.2) is 9.59 Å². The van der Waals surface area contributed by atoms with Gasteiger partial charge in [0, 0.05) is 0 Å². The van der Waals surface area contributed by atoms with E-state index in [0.29, 0.717) is 0 Å². The molecule has 1 rings (SSSR count). The molecule has 7 nitrogen and oxygen atoms in total. The number of para-hydroxylation sites is 1. The van der Waals surface area contributed by atoms with Crippen LogP contribution in [0.2, 0.25) is 0 Å². The summed E-state index contributed by atoms with van der Waals surface area (Å²) in [5, 5.41) is 2.41. The van der Waals surface area contributed by atoms with Gasteiger partial charge in [-0.3, -0.25) is 5.32 Å². The van der Waals surface area contributed by atoms with Crippen LogP contribution in [0.1, 0.15) is 6.92 Å². The highest BCUT2D eigenvalue weighted by atomic mass is 16.7. The first kappa shape index (κ1) is 14.6. The van der Waals surface area contributed by atoms with Crippen molar-refractivity contribution in [3.05, 3.63) is 18.2 Å². The lowest BCUT2D eigenvalue weighted by Crippen LogP contribution is -2.15. The van der Waals surface area contributed by atoms with E-state index in [2.05, 4.69) is 14.8 Å². The van der Waals surface area contributed by atoms with Gasteiger partial charge in [-0.05, 0) is 19.1 Å². The van der Waals surface area contributed by atoms with Gasteiger partial charge in [-0.15, -0.1) is 0 Å². The van der Waals surface area contributed by atoms with Crippen molar-refractivity contribution in [1.29, 1.82) is 0 Å². The molecule has 19 heavy (non-hydrogen) atoms. The molecule has 7 heteroatoms. The average Bonchev–Trinajstić information content (AvgIpc) is 2.40. The first-order valence-corrected chi connectivity index (χ1v) is 5.49. The van der Waals surface area contributed by atoms with Crippen LogP contribution in [0.25, 0.3) is 0 Å². The summed E-state index contributed by atoms with van der Waals surface area (Å²) in [5.41, 5.74) is 0.235. The molecular weight excluding hydrogens is 254 g/mol. The molecular formula is C12H15NO6. The number of amides is 1. The lowest BCUT2D eigenvalue weighted by atomic mass is 10.2. The number of hydrogen-bond donors (Lipinski definition) is 1. The predicted molar refractivity (Wildman–Crippen MR) is 66.7 cm³/mol. The Morgan fingerprint density at radius 3 is 2.58 bits per heavy atom. The first-order chi connectivity index (χ1) is 9.12. The highest BCUT2D eigenvalue weighted by Gasteiger charge is 2.17. The molecule has 0 atom stereocenters. The van der Waals surface area contributed by atoms with Crippen molar-refractivity contribution in [2.45, 2.75) is 6.92 Å². The third-order valence-electron chi connectivity index (χ3n) is 2.07. The van der Waals surface area contributed by atoms with Crippen LogP contribution < -0.4 is 14.8 Å². The number of carbonyl (C=O) groups excluding carboxylic acids is 2. The number of anilines is 1. The number of carbonyl (C=O) groups is 2. The molecule has 0 bridgehead atoms. The molecule has 0 aromatic heterocycles. The summed E-state index contributed by atoms with van der Waals surface area (Å²) >= 11 is 0. The zero-order valence-electron chi connectivity index (χ0n) is 10.9. The van der Waals surface area contributed by atoms with Crippen molar-refractivity contribution >= 4 is 17.9 Å². The van der Waals surface area contributed by atoms with E-state index in [0.717, 1.165) is 0 Å². The number of methoxy groups -OCH3 is 2. The standard InChI is InChI=1S/C12H15NO6/c1-4-18-12(15)19-10-8(13-11(14)17-3)6-5-7-9(10)16-2/h5-7H,4H2,1-3H3,(H,13,14). The molecule has 1 N–H and O–H groups in total. The van der Waals surface area contributed by atoms with Crippen LogP contribution in [0.15, 0.2) is 18.2 Å². The Morgan fingerprint density at radius 1 is 1.26 bits per heavy atom. The second-order valence-corrected chi connectivity index (χ2v) is 3.24. The largest absolute Gasteiger partial charge is 0.514 e. The molecule has 0 aliphatic heterocycles. The molecule has 0 saturated heterocycles. The minimum atomic E-state index is -0.889. The molecule has 0 spiro atoms. The van der Waals surface area contributed by atoms with Gasteiger partial charge in [0.05, 0.1) is 26.5 Å². The molecule has 0 aliphatic rings. The van der Waals surface area contributed by atoms with E-state index in [1.165, 1.54) is 20.3 Å². The van der Waals surface area contributed by atoms with Crippen molar-refractivity contribution < 1.29 is 28.5 Å². The zero-order chi connectivity index (χ0) is 14.3. The Bertz CT molecular complexity index is 460. The third kappa shape index (κ3) is 4.06. The van der Waals surface area contributed by atoms with Crippen molar-refractivity contribution in [3.63, 3.8) is 0 Å². The Morgan fingerprint density at radius 2 is 2.00 bits per heavy atom. The fourth-order valence-corrected chi connectivity index (χ4v) is 1.27. The maximum absolute atomic E-state index is 11.3. The maximum Gasteiger partial charge on any atom is 0.514 e. The summed E-state index contributed by atoms with van der Waals surface area (Å²) in [7, 11) is 2.64. The Hall–Kier alpha value is -2.44. The SMILES string of the molecule is CCOC(=O)Oc1c(NC(=O)OC)cccc1OC. The van der Waals surface area contributed by atoms with Crippen LogP contribution in [0.4, 0.5) is 15.3 Å². The van der Waals surface area contributed by atoms with Gasteiger partial charge < -0.3 is 18.9 Å². The fraction of sp³-hybridized carbons (Fsp3) is 0.333. The van der Waals surface area contributed by atoms with Crippen molar-refractivity contribution in [2.75, 3.05) is 26.1 Å². The van der Waals surface area contributed by atoms with Gasteiger partial charge in [-0.1, -0.05) is 6.07 Å². The minimum Gasteiger partial charge on any atom is -0.493 e. The smallest absolute Gasteiger partial charge is 0.493 e. The Kier molecular flexibility index (Phi) is 5.46. The molecule has 0 saturated carbocycles. The Labute approximate surface area is 110 Å². The molecule has 0 aliphatic carbocycles. The highest BCUT2D eigenvalue weighted by Crippen LogP contribution is 2.35. The van der Waals surface area contributed by atoms with E-state index in [4.69, 9.17) is 9.47 Å². The van der Waals surface area contributed by atoms with Crippen molar-refractivity contribution in [2.24, 2.45) is 0 Å². The van der Waals surface area contributed by atoms with E-state index >= 15 is 0 Å². The van der Waals surface area contributed by atoms with Gasteiger partial charge in [0.15, 0.2) is 11.5 Å². The summed E-state index contributed by atoms with van der Waals surface area (Å²) in [6.07, 6.45) is -1.58. The zero-order valence-corrected chi connectivity index (χ0v) is 10.9.